The lowest BCUT2D eigenvalue weighted by Gasteiger charge is -2.34. The summed E-state index contributed by atoms with van der Waals surface area (Å²) in [5.74, 6) is 0.0919. The van der Waals surface area contributed by atoms with Crippen molar-refractivity contribution in [3.8, 4) is 0 Å². The minimum Gasteiger partial charge on any atom is -0.404 e. The minimum atomic E-state index is -0.261. The molecule has 2 heterocycles. The maximum absolute atomic E-state index is 11.9. The van der Waals surface area contributed by atoms with Gasteiger partial charge in [-0.2, -0.15) is 0 Å². The van der Waals surface area contributed by atoms with Crippen LogP contribution >= 0.6 is 11.6 Å². The molecule has 22 heavy (non-hydrogen) atoms. The fourth-order valence-corrected chi connectivity index (χ4v) is 3.86. The lowest BCUT2D eigenvalue weighted by molar-refractivity contribution is -0.128. The van der Waals surface area contributed by atoms with Crippen molar-refractivity contribution in [1.29, 1.82) is 0 Å². The number of hydrogen-bond acceptors (Lipinski definition) is 3. The highest BCUT2D eigenvalue weighted by Crippen LogP contribution is 2.41. The average molecular weight is 330 g/mol. The van der Waals surface area contributed by atoms with Gasteiger partial charge in [0.25, 0.3) is 0 Å². The number of carbonyl (C=O) groups is 1. The Hall–Kier alpha value is -0.255. The summed E-state index contributed by atoms with van der Waals surface area (Å²) in [4.78, 5) is 13.7. The zero-order valence-corrected chi connectivity index (χ0v) is 14.9. The van der Waals surface area contributed by atoms with Crippen molar-refractivity contribution in [2.75, 3.05) is 12.4 Å². The molecule has 3 rings (SSSR count). The largest absolute Gasteiger partial charge is 0.481 e. The summed E-state index contributed by atoms with van der Waals surface area (Å²) in [7, 11) is -0.261. The predicted molar refractivity (Wildman–Crippen MR) is 90.0 cm³/mol. The van der Waals surface area contributed by atoms with Crippen molar-refractivity contribution in [2.45, 2.75) is 83.4 Å². The van der Waals surface area contributed by atoms with E-state index >= 15 is 0 Å². The lowest BCUT2D eigenvalue weighted by Crippen LogP contribution is -2.47. The maximum atomic E-state index is 11.9. The highest BCUT2D eigenvalue weighted by atomic mass is 35.5. The number of alkyl halides is 1. The molecule has 0 spiro atoms. The van der Waals surface area contributed by atoms with E-state index < -0.39 is 0 Å². The van der Waals surface area contributed by atoms with Crippen LogP contribution < -0.4 is 0 Å². The van der Waals surface area contributed by atoms with E-state index in [2.05, 4.69) is 20.8 Å². The molecule has 3 atom stereocenters. The van der Waals surface area contributed by atoms with Crippen LogP contribution in [-0.2, 0) is 14.1 Å². The van der Waals surface area contributed by atoms with E-state index in [4.69, 9.17) is 20.9 Å². The third-order valence-electron chi connectivity index (χ3n) is 4.80. The van der Waals surface area contributed by atoms with Crippen molar-refractivity contribution in [2.24, 2.45) is 0 Å². The van der Waals surface area contributed by atoms with Gasteiger partial charge >= 0.3 is 7.12 Å². The van der Waals surface area contributed by atoms with E-state index in [1.807, 2.05) is 4.90 Å². The SMILES string of the molecule is CCC.C[C@]12CCCCC1OB(C1CCCN1C(=O)CCl)O2. The molecule has 4 nitrogen and oxygen atoms in total. The summed E-state index contributed by atoms with van der Waals surface area (Å²) in [5.41, 5.74) is -0.152. The van der Waals surface area contributed by atoms with Gasteiger partial charge in [0.15, 0.2) is 0 Å². The molecule has 3 aliphatic rings. The van der Waals surface area contributed by atoms with Gasteiger partial charge in [-0.1, -0.05) is 33.1 Å². The van der Waals surface area contributed by atoms with Crippen LogP contribution in [0.25, 0.3) is 0 Å². The molecule has 0 radical (unpaired) electrons. The molecule has 0 aromatic rings. The highest BCUT2D eigenvalue weighted by molar-refractivity contribution is 6.48. The maximum Gasteiger partial charge on any atom is 0.481 e. The first-order chi connectivity index (χ1) is 10.6. The molecule has 2 saturated heterocycles. The first-order valence-corrected chi connectivity index (χ1v) is 9.27. The number of halogens is 1. The molecule has 1 aliphatic carbocycles. The van der Waals surface area contributed by atoms with Gasteiger partial charge < -0.3 is 14.2 Å². The zero-order chi connectivity index (χ0) is 16.2. The molecule has 2 unspecified atom stereocenters. The van der Waals surface area contributed by atoms with Crippen molar-refractivity contribution >= 4 is 24.6 Å². The van der Waals surface area contributed by atoms with Gasteiger partial charge in [-0.15, -0.1) is 11.6 Å². The van der Waals surface area contributed by atoms with Crippen molar-refractivity contribution in [3.05, 3.63) is 0 Å². The topological polar surface area (TPSA) is 38.8 Å². The van der Waals surface area contributed by atoms with Crippen molar-refractivity contribution in [3.63, 3.8) is 0 Å². The van der Waals surface area contributed by atoms with Gasteiger partial charge in [0, 0.05) is 6.54 Å². The van der Waals surface area contributed by atoms with Gasteiger partial charge in [-0.25, -0.2) is 0 Å². The summed E-state index contributed by atoms with van der Waals surface area (Å²) in [5, 5.41) is 0. The molecule has 0 N–H and O–H groups in total. The van der Waals surface area contributed by atoms with Crippen molar-refractivity contribution < 1.29 is 14.1 Å². The van der Waals surface area contributed by atoms with E-state index in [0.29, 0.717) is 0 Å². The highest BCUT2D eigenvalue weighted by Gasteiger charge is 2.54. The van der Waals surface area contributed by atoms with Crippen LogP contribution in [-0.4, -0.2) is 48.0 Å². The average Bonchev–Trinajstić information content (AvgIpc) is 3.10. The molecule has 6 heteroatoms. The van der Waals surface area contributed by atoms with Crippen LogP contribution in [0.3, 0.4) is 0 Å². The number of hydrogen-bond donors (Lipinski definition) is 0. The Morgan fingerprint density at radius 1 is 1.32 bits per heavy atom. The Balaban J connectivity index is 0.000000545. The molecule has 126 valence electrons. The Labute approximate surface area is 140 Å². The van der Waals surface area contributed by atoms with Crippen molar-refractivity contribution in [1.82, 2.24) is 4.90 Å². The first-order valence-electron chi connectivity index (χ1n) is 8.74. The van der Waals surface area contributed by atoms with Crippen LogP contribution in [0.15, 0.2) is 0 Å². The second-order valence-electron chi connectivity index (χ2n) is 6.81. The third kappa shape index (κ3) is 3.80. The molecule has 0 bridgehead atoms. The second kappa shape index (κ2) is 8.03. The van der Waals surface area contributed by atoms with Gasteiger partial charge in [-0.05, 0) is 32.6 Å². The number of carbonyl (C=O) groups excluding carboxylic acids is 1. The molecular weight excluding hydrogens is 300 g/mol. The fourth-order valence-electron chi connectivity index (χ4n) is 3.70. The van der Waals surface area contributed by atoms with E-state index in [1.165, 1.54) is 19.3 Å². The summed E-state index contributed by atoms with van der Waals surface area (Å²) in [6, 6.07) is 0. The van der Waals surface area contributed by atoms with E-state index in [9.17, 15) is 4.79 Å². The Kier molecular flexibility index (Phi) is 6.60. The summed E-state index contributed by atoms with van der Waals surface area (Å²) in [6.45, 7) is 7.18. The quantitative estimate of drug-likeness (QED) is 0.575. The Bertz CT molecular complexity index is 384. The molecule has 0 aromatic carbocycles. The number of rotatable bonds is 2. The van der Waals surface area contributed by atoms with Gasteiger partial charge in [0.2, 0.25) is 5.91 Å². The predicted octanol–water partition coefficient (Wildman–Crippen LogP) is 3.41. The first kappa shape index (κ1) is 18.1. The lowest BCUT2D eigenvalue weighted by atomic mass is 9.76. The molecule has 0 aromatic heterocycles. The van der Waals surface area contributed by atoms with Gasteiger partial charge in [-0.3, -0.25) is 4.79 Å². The van der Waals surface area contributed by atoms with Crippen LogP contribution in [0.4, 0.5) is 0 Å². The monoisotopic (exact) mass is 329 g/mol. The van der Waals surface area contributed by atoms with Gasteiger partial charge in [0.1, 0.15) is 5.88 Å². The second-order valence-corrected chi connectivity index (χ2v) is 7.07. The standard InChI is InChI=1S/C13H21BClNO3.C3H8/c1-13-7-3-2-5-10(13)18-14(19-13)11-6-4-8-16(11)12(17)9-15;1-3-2/h10-11H,2-9H2,1H3;3H2,1-2H3/t10?,11?,13-;/m0./s1. The van der Waals surface area contributed by atoms with E-state index in [-0.39, 0.29) is 36.6 Å². The number of amides is 1. The Morgan fingerprint density at radius 3 is 2.68 bits per heavy atom. The molecule has 3 fully saturated rings. The van der Waals surface area contributed by atoms with Gasteiger partial charge in [0.05, 0.1) is 17.6 Å². The summed E-state index contributed by atoms with van der Waals surface area (Å²) >= 11 is 5.68. The molecule has 1 saturated carbocycles. The molecule has 1 amide bonds. The fraction of sp³-hybridized carbons (Fsp3) is 0.938. The van der Waals surface area contributed by atoms with Crippen LogP contribution in [0.1, 0.15) is 65.7 Å². The number of likely N-dealkylation sites (tertiary alicyclic amines) is 1. The van der Waals surface area contributed by atoms with Crippen LogP contribution in [0, 0.1) is 0 Å². The molecular formula is C16H29BClNO3. The third-order valence-corrected chi connectivity index (χ3v) is 5.03. The number of nitrogens with zero attached hydrogens (tertiary/aromatic N) is 1. The van der Waals surface area contributed by atoms with E-state index in [1.54, 1.807) is 0 Å². The van der Waals surface area contributed by atoms with E-state index in [0.717, 1.165) is 32.2 Å². The molecule has 2 aliphatic heterocycles. The normalized spacial score (nSPS) is 34.2. The zero-order valence-electron chi connectivity index (χ0n) is 14.1. The summed E-state index contributed by atoms with van der Waals surface area (Å²) in [6.07, 6.45) is 7.96. The van der Waals surface area contributed by atoms with Crippen LogP contribution in [0.2, 0.25) is 0 Å². The van der Waals surface area contributed by atoms with Crippen LogP contribution in [0.5, 0.6) is 0 Å². The smallest absolute Gasteiger partial charge is 0.404 e. The minimum absolute atomic E-state index is 0.00334. The number of fused-ring (bicyclic) bond motifs is 1. The summed E-state index contributed by atoms with van der Waals surface area (Å²) < 4.78 is 12.3. The Morgan fingerprint density at radius 2 is 2.05 bits per heavy atom.